The van der Waals surface area contributed by atoms with E-state index in [0.29, 0.717) is 16.5 Å². The average molecular weight is 339 g/mol. The summed E-state index contributed by atoms with van der Waals surface area (Å²) in [5, 5.41) is 0.440. The van der Waals surface area contributed by atoms with E-state index in [2.05, 4.69) is 19.0 Å². The van der Waals surface area contributed by atoms with Gasteiger partial charge in [0.15, 0.2) is 0 Å². The molecule has 0 aromatic heterocycles. The molecule has 1 aromatic carbocycles. The van der Waals surface area contributed by atoms with Crippen molar-refractivity contribution < 1.29 is 9.18 Å². The molecule has 3 nitrogen and oxygen atoms in total. The molecule has 1 aliphatic heterocycles. The minimum absolute atomic E-state index is 0.0444. The van der Waals surface area contributed by atoms with Crippen molar-refractivity contribution in [2.45, 2.75) is 25.2 Å². The lowest BCUT2D eigenvalue weighted by atomic mass is 10.1. The normalized spacial score (nSPS) is 26.8. The van der Waals surface area contributed by atoms with E-state index in [1.807, 2.05) is 4.90 Å². The van der Waals surface area contributed by atoms with Gasteiger partial charge in [0.05, 0.1) is 0 Å². The number of likely N-dealkylation sites (tertiary alicyclic amines) is 1. The summed E-state index contributed by atoms with van der Waals surface area (Å²) in [6.45, 7) is 2.75. The van der Waals surface area contributed by atoms with E-state index in [1.54, 1.807) is 12.1 Å². The lowest BCUT2D eigenvalue weighted by Gasteiger charge is -2.18. The molecule has 0 spiro atoms. The lowest BCUT2D eigenvalue weighted by molar-refractivity contribution is -0.131. The predicted molar refractivity (Wildman–Crippen MR) is 90.1 cm³/mol. The topological polar surface area (TPSA) is 23.6 Å². The molecule has 126 valence electrons. The van der Waals surface area contributed by atoms with Crippen LogP contribution in [0.15, 0.2) is 18.2 Å². The fourth-order valence-corrected chi connectivity index (χ4v) is 3.90. The number of hydrogen-bond donors (Lipinski definition) is 0. The molecule has 1 heterocycles. The first-order valence-electron chi connectivity index (χ1n) is 8.34. The molecule has 0 radical (unpaired) electrons. The average Bonchev–Trinajstić information content (AvgIpc) is 3.12. The van der Waals surface area contributed by atoms with Crippen LogP contribution in [0, 0.1) is 17.7 Å². The van der Waals surface area contributed by atoms with Crippen molar-refractivity contribution in [3.63, 3.8) is 0 Å². The van der Waals surface area contributed by atoms with E-state index in [1.165, 1.54) is 6.07 Å². The highest BCUT2D eigenvalue weighted by molar-refractivity contribution is 6.31. The van der Waals surface area contributed by atoms with Gasteiger partial charge in [-0.2, -0.15) is 0 Å². The van der Waals surface area contributed by atoms with Crippen LogP contribution in [0.25, 0.3) is 0 Å². The van der Waals surface area contributed by atoms with Crippen LogP contribution in [0.2, 0.25) is 5.02 Å². The Kier molecular flexibility index (Phi) is 4.93. The largest absolute Gasteiger partial charge is 0.342 e. The van der Waals surface area contributed by atoms with E-state index in [0.717, 1.165) is 38.9 Å². The molecule has 1 unspecified atom stereocenters. The van der Waals surface area contributed by atoms with Crippen molar-refractivity contribution in [3.05, 3.63) is 34.6 Å². The van der Waals surface area contributed by atoms with Crippen LogP contribution in [0.3, 0.4) is 0 Å². The Morgan fingerprint density at radius 3 is 2.91 bits per heavy atom. The Hall–Kier alpha value is -1.13. The van der Waals surface area contributed by atoms with Gasteiger partial charge in [0.25, 0.3) is 0 Å². The van der Waals surface area contributed by atoms with Gasteiger partial charge in [-0.05, 0) is 58.0 Å². The third kappa shape index (κ3) is 3.69. The van der Waals surface area contributed by atoms with Crippen LogP contribution in [-0.4, -0.2) is 49.4 Å². The number of carbonyl (C=O) groups is 1. The molecular formula is C18H24ClFN2O. The van der Waals surface area contributed by atoms with E-state index in [9.17, 15) is 9.18 Å². The fraction of sp³-hybridized carbons (Fsp3) is 0.611. The fourth-order valence-electron chi connectivity index (χ4n) is 3.60. The molecule has 1 saturated heterocycles. The number of benzene rings is 1. The van der Waals surface area contributed by atoms with Crippen molar-refractivity contribution in [1.29, 1.82) is 0 Å². The van der Waals surface area contributed by atoms with Crippen LogP contribution in [0.4, 0.5) is 4.39 Å². The summed E-state index contributed by atoms with van der Waals surface area (Å²) in [6.07, 6.45) is 2.93. The SMILES string of the molecule is CN(C)CCC1CCN(C(=O)[C@@H]2C[C@H]2c2c(F)cccc2Cl)C1. The van der Waals surface area contributed by atoms with Crippen molar-refractivity contribution in [2.24, 2.45) is 11.8 Å². The standard InChI is InChI=1S/C18H24ClFN2O/c1-21(2)8-6-12-7-9-22(11-12)18(23)14-10-13(14)17-15(19)4-3-5-16(17)20/h3-5,12-14H,6-11H2,1-2H3/t12?,13-,14-/m1/s1. The second-order valence-electron chi connectivity index (χ2n) is 7.11. The molecule has 1 aliphatic carbocycles. The molecule has 0 N–H and O–H groups in total. The highest BCUT2D eigenvalue weighted by Gasteiger charge is 2.48. The summed E-state index contributed by atoms with van der Waals surface area (Å²) in [7, 11) is 4.15. The van der Waals surface area contributed by atoms with Crippen LogP contribution in [0.1, 0.15) is 30.7 Å². The molecule has 23 heavy (non-hydrogen) atoms. The zero-order chi connectivity index (χ0) is 16.6. The second kappa shape index (κ2) is 6.78. The smallest absolute Gasteiger partial charge is 0.226 e. The van der Waals surface area contributed by atoms with Crippen molar-refractivity contribution in [2.75, 3.05) is 33.7 Å². The number of halogens is 2. The van der Waals surface area contributed by atoms with Gasteiger partial charge >= 0.3 is 0 Å². The zero-order valence-corrected chi connectivity index (χ0v) is 14.5. The van der Waals surface area contributed by atoms with Crippen molar-refractivity contribution in [1.82, 2.24) is 9.80 Å². The quantitative estimate of drug-likeness (QED) is 0.821. The monoisotopic (exact) mass is 338 g/mol. The molecule has 3 atom stereocenters. The van der Waals surface area contributed by atoms with Gasteiger partial charge < -0.3 is 9.80 Å². The summed E-state index contributed by atoms with van der Waals surface area (Å²) < 4.78 is 14.0. The second-order valence-corrected chi connectivity index (χ2v) is 7.52. The van der Waals surface area contributed by atoms with E-state index >= 15 is 0 Å². The Balaban J connectivity index is 1.57. The maximum absolute atomic E-state index is 14.0. The highest BCUT2D eigenvalue weighted by atomic mass is 35.5. The number of hydrogen-bond acceptors (Lipinski definition) is 2. The molecule has 5 heteroatoms. The Morgan fingerprint density at radius 2 is 2.22 bits per heavy atom. The summed E-state index contributed by atoms with van der Waals surface area (Å²) >= 11 is 6.12. The number of carbonyl (C=O) groups excluding carboxylic acids is 1. The minimum atomic E-state index is -0.289. The first-order chi connectivity index (χ1) is 11.0. The van der Waals surface area contributed by atoms with Gasteiger partial charge in [-0.25, -0.2) is 4.39 Å². The first-order valence-corrected chi connectivity index (χ1v) is 8.72. The Bertz CT molecular complexity index is 572. The van der Waals surface area contributed by atoms with Crippen molar-refractivity contribution in [3.8, 4) is 0 Å². The molecule has 1 saturated carbocycles. The molecule has 2 fully saturated rings. The zero-order valence-electron chi connectivity index (χ0n) is 13.8. The van der Waals surface area contributed by atoms with E-state index in [4.69, 9.17) is 11.6 Å². The first kappa shape index (κ1) is 16.7. The van der Waals surface area contributed by atoms with Gasteiger partial charge in [-0.3, -0.25) is 4.79 Å². The molecule has 1 aromatic rings. The van der Waals surface area contributed by atoms with E-state index in [-0.39, 0.29) is 23.6 Å². The Labute approximate surface area is 142 Å². The van der Waals surface area contributed by atoms with Gasteiger partial charge in [-0.1, -0.05) is 17.7 Å². The lowest BCUT2D eigenvalue weighted by Crippen LogP contribution is -2.30. The van der Waals surface area contributed by atoms with Crippen LogP contribution >= 0.6 is 11.6 Å². The number of amides is 1. The summed E-state index contributed by atoms with van der Waals surface area (Å²) in [4.78, 5) is 16.8. The molecule has 1 amide bonds. The molecule has 0 bridgehead atoms. The maximum atomic E-state index is 14.0. The van der Waals surface area contributed by atoms with E-state index < -0.39 is 0 Å². The minimum Gasteiger partial charge on any atom is -0.342 e. The summed E-state index contributed by atoms with van der Waals surface area (Å²) in [5.74, 6) is 0.356. The van der Waals surface area contributed by atoms with Crippen LogP contribution in [0.5, 0.6) is 0 Å². The van der Waals surface area contributed by atoms with Crippen molar-refractivity contribution >= 4 is 17.5 Å². The molecule has 2 aliphatic rings. The Morgan fingerprint density at radius 1 is 1.43 bits per heavy atom. The third-order valence-electron chi connectivity index (χ3n) is 5.06. The number of rotatable bonds is 5. The van der Waals surface area contributed by atoms with Crippen LogP contribution in [-0.2, 0) is 4.79 Å². The number of nitrogens with zero attached hydrogens (tertiary/aromatic N) is 2. The summed E-state index contributed by atoms with van der Waals surface area (Å²) in [6, 6.07) is 4.73. The summed E-state index contributed by atoms with van der Waals surface area (Å²) in [5.41, 5.74) is 0.524. The molecular weight excluding hydrogens is 315 g/mol. The van der Waals surface area contributed by atoms with Gasteiger partial charge in [-0.15, -0.1) is 0 Å². The van der Waals surface area contributed by atoms with Gasteiger partial charge in [0, 0.05) is 35.5 Å². The third-order valence-corrected chi connectivity index (χ3v) is 5.39. The predicted octanol–water partition coefficient (Wildman–Crippen LogP) is 3.38. The van der Waals surface area contributed by atoms with Gasteiger partial charge in [0.1, 0.15) is 5.82 Å². The maximum Gasteiger partial charge on any atom is 0.226 e. The molecule has 3 rings (SSSR count). The van der Waals surface area contributed by atoms with Crippen LogP contribution < -0.4 is 0 Å². The van der Waals surface area contributed by atoms with Gasteiger partial charge in [0.2, 0.25) is 5.91 Å². The highest BCUT2D eigenvalue weighted by Crippen LogP contribution is 2.51.